The molecule has 0 aliphatic rings. The van der Waals surface area contributed by atoms with Gasteiger partial charge in [0.25, 0.3) is 0 Å². The van der Waals surface area contributed by atoms with E-state index in [0.29, 0.717) is 17.9 Å². The topological polar surface area (TPSA) is 129 Å². The smallest absolute Gasteiger partial charge is 0.465 e. The first kappa shape index (κ1) is 23.3. The molecule has 2 aromatic carbocycles. The molecule has 10 heteroatoms. The summed E-state index contributed by atoms with van der Waals surface area (Å²) in [6.07, 6.45) is 0. The van der Waals surface area contributed by atoms with Crippen LogP contribution in [-0.4, -0.2) is 33.3 Å². The van der Waals surface area contributed by atoms with Gasteiger partial charge in [-0.05, 0) is 53.6 Å². The van der Waals surface area contributed by atoms with Crippen molar-refractivity contribution in [3.05, 3.63) is 69.6 Å². The number of aromatic nitrogens is 4. The number of aryl methyl sites for hydroxylation is 2. The number of methoxy groups -OCH3 is 1. The van der Waals surface area contributed by atoms with Crippen molar-refractivity contribution in [2.24, 2.45) is 0 Å². The summed E-state index contributed by atoms with van der Waals surface area (Å²) in [5.41, 5.74) is 17.9. The minimum absolute atomic E-state index is 0. The predicted octanol–water partition coefficient (Wildman–Crippen LogP) is 0.992. The Labute approximate surface area is 184 Å². The molecule has 0 saturated heterocycles. The second-order valence-electron chi connectivity index (χ2n) is 5.56. The van der Waals surface area contributed by atoms with Crippen LogP contribution in [0.5, 0.6) is 0 Å². The van der Waals surface area contributed by atoms with Crippen LogP contribution in [0, 0.1) is 6.92 Å². The van der Waals surface area contributed by atoms with Crippen LogP contribution in [-0.2, 0) is 11.3 Å². The third kappa shape index (κ3) is 5.64. The van der Waals surface area contributed by atoms with Gasteiger partial charge in [0, 0.05) is 12.1 Å². The molecule has 0 spiro atoms. The van der Waals surface area contributed by atoms with Crippen LogP contribution < -0.4 is 29.6 Å². The normalized spacial score (nSPS) is 9.39. The van der Waals surface area contributed by atoms with Gasteiger partial charge in [-0.2, -0.15) is 0 Å². The summed E-state index contributed by atoms with van der Waals surface area (Å²) in [7, 11) is 1.37. The zero-order chi connectivity index (χ0) is 19.8. The molecule has 0 unspecified atom stereocenters. The van der Waals surface area contributed by atoms with Gasteiger partial charge in [0.05, 0.1) is 12.7 Å². The van der Waals surface area contributed by atoms with E-state index in [-0.39, 0.29) is 35.5 Å². The van der Waals surface area contributed by atoms with Crippen molar-refractivity contribution >= 4 is 5.97 Å². The van der Waals surface area contributed by atoms with E-state index in [4.69, 9.17) is 15.8 Å². The molecule has 1 aromatic heterocycles. The number of hydrogen-bond donors (Lipinski definition) is 0. The van der Waals surface area contributed by atoms with E-state index in [2.05, 4.69) is 15.5 Å². The van der Waals surface area contributed by atoms with Gasteiger partial charge in [0.15, 0.2) is 5.82 Å². The molecular weight excluding hydrogens is 369 g/mol. The fourth-order valence-electron chi connectivity index (χ4n) is 2.53. The molecule has 138 valence electrons. The van der Waals surface area contributed by atoms with Crippen molar-refractivity contribution < 1.29 is 39.1 Å². The third-order valence-corrected chi connectivity index (χ3v) is 3.83. The van der Waals surface area contributed by atoms with Crippen molar-refractivity contribution in [1.29, 1.82) is 0 Å². The van der Waals surface area contributed by atoms with E-state index in [1.165, 1.54) is 17.6 Å². The molecule has 0 aliphatic heterocycles. The Morgan fingerprint density at radius 1 is 1.11 bits per heavy atom. The Kier molecular flexibility index (Phi) is 9.34. The number of benzene rings is 2. The minimum Gasteiger partial charge on any atom is -0.465 e. The van der Waals surface area contributed by atoms with Crippen molar-refractivity contribution in [1.82, 2.24) is 20.2 Å². The molecule has 9 nitrogen and oxygen atoms in total. The number of hydrogen-bond acceptors (Lipinski definition) is 5. The Morgan fingerprint density at radius 3 is 2.29 bits per heavy atom. The second-order valence-corrected chi connectivity index (χ2v) is 5.56. The van der Waals surface area contributed by atoms with Gasteiger partial charge in [-0.15, -0.1) is 5.10 Å². The van der Waals surface area contributed by atoms with Crippen molar-refractivity contribution in [2.75, 3.05) is 7.11 Å². The van der Waals surface area contributed by atoms with Crippen LogP contribution in [0.4, 0.5) is 0 Å². The number of rotatable bonds is 4. The minimum atomic E-state index is -0.388. The molecule has 0 aliphatic carbocycles. The number of ether oxygens (including phenoxy) is 1. The summed E-state index contributed by atoms with van der Waals surface area (Å²) >= 11 is 0. The average molecular weight is 387 g/mol. The molecule has 0 radical (unpaired) electrons. The first-order valence-electron chi connectivity index (χ1n) is 8.09. The molecule has 0 bridgehead atoms. The van der Waals surface area contributed by atoms with Gasteiger partial charge >= 0.3 is 35.5 Å². The van der Waals surface area contributed by atoms with Crippen LogP contribution in [0.3, 0.4) is 0 Å². The molecule has 28 heavy (non-hydrogen) atoms. The van der Waals surface area contributed by atoms with Gasteiger partial charge in [0.1, 0.15) is 0 Å². The molecule has 0 N–H and O–H groups in total. The van der Waals surface area contributed by atoms with Crippen LogP contribution in [0.2, 0.25) is 0 Å². The summed E-state index contributed by atoms with van der Waals surface area (Å²) in [5, 5.41) is 11.8. The predicted molar refractivity (Wildman–Crippen MR) is 101 cm³/mol. The molecule has 0 atom stereocenters. The third-order valence-electron chi connectivity index (χ3n) is 3.83. The molecule has 0 saturated carbocycles. The number of esters is 1. The number of carbonyl (C=O) groups excluding carboxylic acids is 1. The van der Waals surface area contributed by atoms with E-state index < -0.39 is 0 Å². The summed E-state index contributed by atoms with van der Waals surface area (Å²) in [4.78, 5) is 13.5. The summed E-state index contributed by atoms with van der Waals surface area (Å²) in [6.45, 7) is 4.64. The zero-order valence-corrected chi connectivity index (χ0v) is 18.2. The SMILES string of the molecule is CCn1nnnc1-c1cc(C(=O)OC)cc(-c2ccc(C)cc2)c1.[N-]=[N+]=[N-].[Na+]. The standard InChI is InChI=1S/C18H18N4O2.N3.Na/c1-4-22-17(19-20-21-22)15-9-14(10-16(11-15)18(23)24-3)13-7-5-12(2)6-8-13;1-3-2;/h5-11H,4H2,1-3H3;;/q;-1;+1. The summed E-state index contributed by atoms with van der Waals surface area (Å²) in [5.74, 6) is 0.234. The van der Waals surface area contributed by atoms with Gasteiger partial charge in [-0.25, -0.2) is 9.48 Å². The number of tetrazole rings is 1. The molecule has 3 aromatic rings. The van der Waals surface area contributed by atoms with E-state index in [1.54, 1.807) is 10.7 Å². The van der Waals surface area contributed by atoms with Crippen molar-refractivity contribution in [3.8, 4) is 22.5 Å². The van der Waals surface area contributed by atoms with Gasteiger partial charge in [-0.1, -0.05) is 29.8 Å². The zero-order valence-electron chi connectivity index (χ0n) is 16.2. The van der Waals surface area contributed by atoms with Gasteiger partial charge in [-0.3, -0.25) is 4.91 Å². The maximum absolute atomic E-state index is 12.0. The van der Waals surface area contributed by atoms with Crippen molar-refractivity contribution in [3.63, 3.8) is 0 Å². The maximum atomic E-state index is 12.0. The Hall–Kier alpha value is -2.71. The Balaban J connectivity index is 0.000000921. The van der Waals surface area contributed by atoms with E-state index in [1.807, 2.05) is 50.2 Å². The Bertz CT molecular complexity index is 964. The molecule has 0 amide bonds. The molecule has 1 heterocycles. The fraction of sp³-hybridized carbons (Fsp3) is 0.222. The van der Waals surface area contributed by atoms with Crippen LogP contribution >= 0.6 is 0 Å². The first-order chi connectivity index (χ1) is 13.0. The molecule has 3 rings (SSSR count). The van der Waals surface area contributed by atoms with Gasteiger partial charge in [0.2, 0.25) is 0 Å². The number of nitrogens with zero attached hydrogens (tertiary/aromatic N) is 7. The number of carbonyl (C=O) groups is 1. The quantitative estimate of drug-likeness (QED) is 0.217. The summed E-state index contributed by atoms with van der Waals surface area (Å²) < 4.78 is 6.57. The fourth-order valence-corrected chi connectivity index (χ4v) is 2.53. The average Bonchev–Trinajstić information content (AvgIpc) is 3.17. The summed E-state index contributed by atoms with van der Waals surface area (Å²) in [6, 6.07) is 13.7. The Morgan fingerprint density at radius 2 is 1.71 bits per heavy atom. The van der Waals surface area contributed by atoms with Crippen LogP contribution in [0.25, 0.3) is 38.5 Å². The van der Waals surface area contributed by atoms with E-state index >= 15 is 0 Å². The van der Waals surface area contributed by atoms with E-state index in [9.17, 15) is 4.79 Å². The second kappa shape index (κ2) is 11.2. The monoisotopic (exact) mass is 387 g/mol. The molecular formula is C18H18N7NaO2. The van der Waals surface area contributed by atoms with Crippen molar-refractivity contribution in [2.45, 2.75) is 20.4 Å². The maximum Gasteiger partial charge on any atom is 1.00 e. The van der Waals surface area contributed by atoms with Gasteiger partial charge < -0.3 is 15.8 Å². The largest absolute Gasteiger partial charge is 1.00 e. The molecule has 0 fully saturated rings. The first-order valence-corrected chi connectivity index (χ1v) is 8.09. The van der Waals surface area contributed by atoms with Crippen LogP contribution in [0.15, 0.2) is 42.5 Å². The van der Waals surface area contributed by atoms with E-state index in [0.717, 1.165) is 16.7 Å². The van der Waals surface area contributed by atoms with Crippen LogP contribution in [0.1, 0.15) is 22.8 Å².